The number of carbonyl (C=O) groups excluding carboxylic acids is 2. The molecule has 1 N–H and O–H groups in total. The second-order valence-corrected chi connectivity index (χ2v) is 7.88. The molecule has 0 saturated carbocycles. The summed E-state index contributed by atoms with van der Waals surface area (Å²) in [5.41, 5.74) is 2.99. The van der Waals surface area contributed by atoms with Crippen molar-refractivity contribution in [3.8, 4) is 11.5 Å². The first-order valence-electron chi connectivity index (χ1n) is 9.99. The zero-order valence-corrected chi connectivity index (χ0v) is 18.8. The Balaban J connectivity index is 1.51. The number of hydrazone groups is 1. The number of ether oxygens (including phenoxy) is 2. The first-order valence-corrected chi connectivity index (χ1v) is 11.0. The van der Waals surface area contributed by atoms with E-state index in [4.69, 9.17) is 9.47 Å². The highest BCUT2D eigenvalue weighted by Gasteiger charge is 2.23. The summed E-state index contributed by atoms with van der Waals surface area (Å²) < 4.78 is 10.7. The van der Waals surface area contributed by atoms with E-state index in [2.05, 4.69) is 20.4 Å². The summed E-state index contributed by atoms with van der Waals surface area (Å²) in [5, 5.41) is 8.62. The predicted octanol–water partition coefficient (Wildman–Crippen LogP) is 3.82. The van der Waals surface area contributed by atoms with Crippen LogP contribution in [0.1, 0.15) is 21.7 Å². The zero-order chi connectivity index (χ0) is 23.2. The van der Waals surface area contributed by atoms with Crippen LogP contribution < -0.4 is 14.8 Å². The molecule has 4 rings (SSSR count). The van der Waals surface area contributed by atoms with Crippen LogP contribution in [0.15, 0.2) is 66.0 Å². The van der Waals surface area contributed by atoms with Gasteiger partial charge in [0.25, 0.3) is 5.91 Å². The number of nitrogens with zero attached hydrogens (tertiary/aromatic N) is 4. The third-order valence-corrected chi connectivity index (χ3v) is 5.66. The molecule has 0 fully saturated rings. The molecule has 9 nitrogen and oxygen atoms in total. The van der Waals surface area contributed by atoms with Gasteiger partial charge in [0.2, 0.25) is 5.82 Å². The number of benzene rings is 2. The van der Waals surface area contributed by atoms with Crippen LogP contribution in [0.2, 0.25) is 0 Å². The van der Waals surface area contributed by atoms with Gasteiger partial charge in [-0.3, -0.25) is 9.59 Å². The number of methoxy groups -OCH3 is 2. The molecule has 168 valence electrons. The van der Waals surface area contributed by atoms with Crippen molar-refractivity contribution in [1.82, 2.24) is 15.0 Å². The highest BCUT2D eigenvalue weighted by molar-refractivity contribution is 8.14. The number of rotatable bonds is 7. The molecule has 0 bridgehead atoms. The smallest absolute Gasteiger partial charge is 0.302 e. The van der Waals surface area contributed by atoms with Gasteiger partial charge in [-0.1, -0.05) is 23.9 Å². The van der Waals surface area contributed by atoms with Crippen LogP contribution in [0.5, 0.6) is 11.5 Å². The van der Waals surface area contributed by atoms with E-state index < -0.39 is 5.91 Å². The lowest BCUT2D eigenvalue weighted by molar-refractivity contribution is 0.101. The van der Waals surface area contributed by atoms with Crippen LogP contribution in [-0.2, 0) is 6.54 Å². The summed E-state index contributed by atoms with van der Waals surface area (Å²) >= 11 is 1.18. The molecule has 0 aliphatic carbocycles. The van der Waals surface area contributed by atoms with Crippen LogP contribution in [-0.4, -0.2) is 51.8 Å². The minimum absolute atomic E-state index is 0.0784. The summed E-state index contributed by atoms with van der Waals surface area (Å²) in [6.07, 6.45) is 3.01. The lowest BCUT2D eigenvalue weighted by atomic mass is 10.1. The number of amides is 2. The molecule has 0 radical (unpaired) electrons. The van der Waals surface area contributed by atoms with Gasteiger partial charge in [-0.15, -0.1) is 0 Å². The van der Waals surface area contributed by atoms with Gasteiger partial charge in [-0.2, -0.15) is 5.10 Å². The largest absolute Gasteiger partial charge is 0.493 e. The molecule has 2 amide bonds. The van der Waals surface area contributed by atoms with Crippen LogP contribution in [0.4, 0.5) is 10.5 Å². The summed E-state index contributed by atoms with van der Waals surface area (Å²) in [6.45, 7) is 0.258. The minimum atomic E-state index is -0.411. The maximum atomic E-state index is 12.5. The van der Waals surface area contributed by atoms with Gasteiger partial charge in [0.05, 0.1) is 26.5 Å². The van der Waals surface area contributed by atoms with Crippen LogP contribution in [0.25, 0.3) is 0 Å². The molecule has 3 aromatic rings. The van der Waals surface area contributed by atoms with Gasteiger partial charge in [-0.05, 0) is 42.0 Å². The van der Waals surface area contributed by atoms with Gasteiger partial charge in [0.15, 0.2) is 11.5 Å². The van der Waals surface area contributed by atoms with E-state index >= 15 is 0 Å². The fourth-order valence-electron chi connectivity index (χ4n) is 3.20. The Morgan fingerprint density at radius 3 is 2.61 bits per heavy atom. The minimum Gasteiger partial charge on any atom is -0.493 e. The topological polar surface area (TPSA) is 106 Å². The predicted molar refractivity (Wildman–Crippen MR) is 126 cm³/mol. The quantitative estimate of drug-likeness (QED) is 0.568. The Labute approximate surface area is 194 Å². The Morgan fingerprint density at radius 2 is 1.85 bits per heavy atom. The summed E-state index contributed by atoms with van der Waals surface area (Å²) in [6, 6.07) is 14.4. The van der Waals surface area contributed by atoms with E-state index in [9.17, 15) is 9.59 Å². The molecule has 0 atom stereocenters. The van der Waals surface area contributed by atoms with Crippen molar-refractivity contribution in [2.24, 2.45) is 5.10 Å². The van der Waals surface area contributed by atoms with Gasteiger partial charge in [0.1, 0.15) is 0 Å². The fourth-order valence-corrected chi connectivity index (χ4v) is 3.94. The molecular weight excluding hydrogens is 442 g/mol. The molecule has 10 heteroatoms. The van der Waals surface area contributed by atoms with Crippen molar-refractivity contribution in [1.29, 1.82) is 0 Å². The molecule has 33 heavy (non-hydrogen) atoms. The molecule has 1 aromatic heterocycles. The summed E-state index contributed by atoms with van der Waals surface area (Å²) in [4.78, 5) is 32.7. The molecule has 2 aromatic carbocycles. The van der Waals surface area contributed by atoms with Gasteiger partial charge < -0.3 is 14.8 Å². The Morgan fingerprint density at radius 1 is 1.06 bits per heavy atom. The van der Waals surface area contributed by atoms with Gasteiger partial charge >= 0.3 is 5.24 Å². The number of thioether (sulfide) groups is 1. The highest BCUT2D eigenvalue weighted by Crippen LogP contribution is 2.30. The van der Waals surface area contributed by atoms with Crippen molar-refractivity contribution < 1.29 is 19.1 Å². The summed E-state index contributed by atoms with van der Waals surface area (Å²) in [7, 11) is 3.15. The average Bonchev–Trinajstić information content (AvgIpc) is 2.85. The van der Waals surface area contributed by atoms with Crippen molar-refractivity contribution in [3.63, 3.8) is 0 Å². The van der Waals surface area contributed by atoms with E-state index in [1.165, 1.54) is 29.2 Å². The number of aromatic nitrogens is 2. The third-order valence-electron chi connectivity index (χ3n) is 4.79. The van der Waals surface area contributed by atoms with E-state index in [0.29, 0.717) is 22.9 Å². The van der Waals surface area contributed by atoms with Gasteiger partial charge in [0, 0.05) is 29.4 Å². The first-order chi connectivity index (χ1) is 16.1. The lowest BCUT2D eigenvalue weighted by Crippen LogP contribution is -2.29. The van der Waals surface area contributed by atoms with E-state index in [-0.39, 0.29) is 17.6 Å². The van der Waals surface area contributed by atoms with Crippen molar-refractivity contribution >= 4 is 34.3 Å². The van der Waals surface area contributed by atoms with E-state index in [0.717, 1.165) is 16.8 Å². The number of hydrogen-bond acceptors (Lipinski definition) is 8. The summed E-state index contributed by atoms with van der Waals surface area (Å²) in [5.74, 6) is 1.34. The van der Waals surface area contributed by atoms with Crippen molar-refractivity contribution in [2.45, 2.75) is 6.54 Å². The highest BCUT2D eigenvalue weighted by atomic mass is 32.2. The first kappa shape index (κ1) is 22.3. The monoisotopic (exact) mass is 463 g/mol. The Bertz CT molecular complexity index is 1200. The second kappa shape index (κ2) is 10.1. The van der Waals surface area contributed by atoms with Crippen LogP contribution in [0.3, 0.4) is 0 Å². The lowest BCUT2D eigenvalue weighted by Gasteiger charge is -2.23. The zero-order valence-electron chi connectivity index (χ0n) is 18.0. The van der Waals surface area contributed by atoms with Crippen LogP contribution in [0, 0.1) is 0 Å². The van der Waals surface area contributed by atoms with Crippen LogP contribution >= 0.6 is 11.8 Å². The van der Waals surface area contributed by atoms with Crippen molar-refractivity contribution in [2.75, 3.05) is 25.3 Å². The number of hydrogen-bond donors (Lipinski definition) is 1. The maximum Gasteiger partial charge on any atom is 0.302 e. The molecule has 1 aliphatic heterocycles. The maximum absolute atomic E-state index is 12.5. The normalized spacial score (nSPS) is 13.3. The van der Waals surface area contributed by atoms with E-state index in [1.807, 2.05) is 24.3 Å². The van der Waals surface area contributed by atoms with Crippen molar-refractivity contribution in [3.05, 3.63) is 77.9 Å². The average molecular weight is 464 g/mol. The number of carbonyl (C=O) groups is 2. The van der Waals surface area contributed by atoms with Gasteiger partial charge in [-0.25, -0.2) is 15.0 Å². The molecule has 0 spiro atoms. The number of nitrogens with one attached hydrogen (secondary N) is 1. The molecule has 2 heterocycles. The second-order valence-electron chi connectivity index (χ2n) is 6.96. The Kier molecular flexibility index (Phi) is 6.84. The number of anilines is 1. The standard InChI is InChI=1S/C23H21N5O4S/c1-31-19-8-7-16(12-20(19)32-2)18-14-33-23(30)28(27-18)13-15-5-3-6-17(11-15)26-22(29)21-24-9-4-10-25-21/h3-12H,13-14H2,1-2H3,(H,26,29). The SMILES string of the molecule is COc1ccc(C2=NN(Cc3cccc(NC(=O)c4ncccn4)c3)C(=O)SC2)cc1OC. The Hall–Kier alpha value is -3.92. The fraction of sp³-hybridized carbons (Fsp3) is 0.174. The van der Waals surface area contributed by atoms with E-state index in [1.54, 1.807) is 38.5 Å². The third kappa shape index (κ3) is 5.29. The molecular formula is C23H21N5O4S. The molecule has 1 aliphatic rings. The molecule has 0 unspecified atom stereocenters. The molecule has 0 saturated heterocycles.